The van der Waals surface area contributed by atoms with E-state index in [0.29, 0.717) is 18.2 Å². The van der Waals surface area contributed by atoms with E-state index in [1.807, 2.05) is 48.0 Å². The van der Waals surface area contributed by atoms with Crippen LogP contribution in [0.1, 0.15) is 23.3 Å². The largest absolute Gasteiger partial charge is 0.349 e. The van der Waals surface area contributed by atoms with Crippen molar-refractivity contribution in [3.8, 4) is 11.3 Å². The molecule has 1 aromatic carbocycles. The first-order valence-corrected chi connectivity index (χ1v) is 8.31. The van der Waals surface area contributed by atoms with Crippen LogP contribution >= 0.6 is 15.9 Å². The number of amides is 1. The highest BCUT2D eigenvalue weighted by Crippen LogP contribution is 2.31. The zero-order valence-corrected chi connectivity index (χ0v) is 14.1. The van der Waals surface area contributed by atoms with Crippen molar-refractivity contribution in [1.29, 1.82) is 0 Å². The van der Waals surface area contributed by atoms with Gasteiger partial charge in [0.2, 0.25) is 0 Å². The number of carbonyl (C=O) groups is 1. The molecule has 0 aliphatic heterocycles. The maximum absolute atomic E-state index is 12.3. The molecule has 0 saturated heterocycles. The third-order valence-electron chi connectivity index (χ3n) is 4.22. The predicted octanol–water partition coefficient (Wildman–Crippen LogP) is 2.92. The van der Waals surface area contributed by atoms with Crippen LogP contribution in [0.4, 0.5) is 0 Å². The monoisotopic (exact) mass is 361 g/mol. The molecule has 1 aromatic heterocycles. The highest BCUT2D eigenvalue weighted by Gasteiger charge is 2.28. The zero-order chi connectivity index (χ0) is 15.7. The van der Waals surface area contributed by atoms with E-state index in [1.165, 1.54) is 12.8 Å². The van der Waals surface area contributed by atoms with Crippen LogP contribution in [0.3, 0.4) is 0 Å². The average Bonchev–Trinajstić information content (AvgIpc) is 3.29. The Morgan fingerprint density at radius 1 is 1.32 bits per heavy atom. The molecule has 116 valence electrons. The lowest BCUT2D eigenvalue weighted by atomic mass is 10.1. The topological polar surface area (TPSA) is 60.0 Å². The third-order valence-corrected chi connectivity index (χ3v) is 4.75. The van der Waals surface area contributed by atoms with Crippen molar-refractivity contribution in [3.05, 3.63) is 46.6 Å². The van der Waals surface area contributed by atoms with Crippen LogP contribution in [-0.4, -0.2) is 23.1 Å². The van der Waals surface area contributed by atoms with Gasteiger partial charge in [0.25, 0.3) is 5.91 Å². The second-order valence-electron chi connectivity index (χ2n) is 5.88. The van der Waals surface area contributed by atoms with E-state index >= 15 is 0 Å². The molecule has 22 heavy (non-hydrogen) atoms. The maximum atomic E-state index is 12.3. The van der Waals surface area contributed by atoms with Crippen molar-refractivity contribution in [2.45, 2.75) is 18.9 Å². The summed E-state index contributed by atoms with van der Waals surface area (Å²) >= 11 is 3.43. The first kappa shape index (κ1) is 15.3. The predicted molar refractivity (Wildman–Crippen MR) is 91.6 cm³/mol. The fourth-order valence-corrected chi connectivity index (χ4v) is 2.91. The summed E-state index contributed by atoms with van der Waals surface area (Å²) in [5, 5.41) is 2.94. The van der Waals surface area contributed by atoms with Crippen molar-refractivity contribution in [1.82, 2.24) is 9.88 Å². The molecule has 0 spiro atoms. The summed E-state index contributed by atoms with van der Waals surface area (Å²) in [7, 11) is 1.91. The molecular weight excluding hydrogens is 342 g/mol. The van der Waals surface area contributed by atoms with Gasteiger partial charge in [0.1, 0.15) is 5.69 Å². The second kappa shape index (κ2) is 6.26. The van der Waals surface area contributed by atoms with Gasteiger partial charge in [-0.1, -0.05) is 28.1 Å². The molecule has 1 unspecified atom stereocenters. The highest BCUT2D eigenvalue weighted by atomic mass is 79.9. The van der Waals surface area contributed by atoms with E-state index in [4.69, 9.17) is 5.73 Å². The summed E-state index contributed by atoms with van der Waals surface area (Å²) in [5.41, 5.74) is 8.78. The normalized spacial score (nSPS) is 15.6. The highest BCUT2D eigenvalue weighted by molar-refractivity contribution is 9.10. The van der Waals surface area contributed by atoms with Crippen LogP contribution in [0.5, 0.6) is 0 Å². The molecule has 2 aromatic rings. The Hall–Kier alpha value is -1.59. The molecule has 1 saturated carbocycles. The van der Waals surface area contributed by atoms with Crippen molar-refractivity contribution >= 4 is 21.8 Å². The van der Waals surface area contributed by atoms with Gasteiger partial charge in [-0.2, -0.15) is 0 Å². The first-order valence-electron chi connectivity index (χ1n) is 7.51. The summed E-state index contributed by atoms with van der Waals surface area (Å²) in [4.78, 5) is 12.3. The van der Waals surface area contributed by atoms with Crippen molar-refractivity contribution in [3.63, 3.8) is 0 Å². The minimum absolute atomic E-state index is 0.0676. The van der Waals surface area contributed by atoms with Gasteiger partial charge in [0.15, 0.2) is 0 Å². The fraction of sp³-hybridized carbons (Fsp3) is 0.353. The Labute approximate surface area is 138 Å². The number of rotatable bonds is 5. The van der Waals surface area contributed by atoms with Crippen molar-refractivity contribution < 1.29 is 4.79 Å². The Morgan fingerprint density at radius 3 is 2.64 bits per heavy atom. The molecule has 0 bridgehead atoms. The average molecular weight is 362 g/mol. The van der Waals surface area contributed by atoms with Gasteiger partial charge in [-0.15, -0.1) is 0 Å². The molecule has 5 heteroatoms. The van der Waals surface area contributed by atoms with Gasteiger partial charge < -0.3 is 15.6 Å². The lowest BCUT2D eigenvalue weighted by molar-refractivity contribution is 0.0942. The van der Waals surface area contributed by atoms with Crippen LogP contribution in [-0.2, 0) is 7.05 Å². The van der Waals surface area contributed by atoms with E-state index in [9.17, 15) is 4.79 Å². The summed E-state index contributed by atoms with van der Waals surface area (Å²) in [6.07, 6.45) is 2.38. The Bertz CT molecular complexity index is 674. The molecule has 1 fully saturated rings. The number of hydrogen-bond donors (Lipinski definition) is 2. The Morgan fingerprint density at radius 2 is 2.00 bits per heavy atom. The minimum Gasteiger partial charge on any atom is -0.349 e. The summed E-state index contributed by atoms with van der Waals surface area (Å²) < 4.78 is 2.96. The van der Waals surface area contributed by atoms with Crippen LogP contribution in [0.2, 0.25) is 0 Å². The fourth-order valence-electron chi connectivity index (χ4n) is 2.64. The molecule has 0 radical (unpaired) electrons. The smallest absolute Gasteiger partial charge is 0.267 e. The molecule has 1 aliphatic rings. The first-order chi connectivity index (χ1) is 10.6. The number of hydrogen-bond acceptors (Lipinski definition) is 2. The molecule has 1 heterocycles. The SMILES string of the molecule is Cn1c(C(=O)NCC(N)C2CC2)ccc1-c1ccc(Br)cc1. The number of halogens is 1. The quantitative estimate of drug-likeness (QED) is 0.859. The summed E-state index contributed by atoms with van der Waals surface area (Å²) in [6, 6.07) is 12.0. The van der Waals surface area contributed by atoms with Crippen molar-refractivity contribution in [2.24, 2.45) is 18.7 Å². The van der Waals surface area contributed by atoms with E-state index < -0.39 is 0 Å². The molecular formula is C17H20BrN3O. The van der Waals surface area contributed by atoms with E-state index in [2.05, 4.69) is 21.2 Å². The lowest BCUT2D eigenvalue weighted by Crippen LogP contribution is -2.39. The summed E-state index contributed by atoms with van der Waals surface area (Å²) in [5.74, 6) is 0.522. The van der Waals surface area contributed by atoms with Gasteiger partial charge >= 0.3 is 0 Å². The van der Waals surface area contributed by atoms with Crippen LogP contribution in [0.15, 0.2) is 40.9 Å². The number of benzene rings is 1. The van der Waals surface area contributed by atoms with Gasteiger partial charge in [-0.3, -0.25) is 4.79 Å². The van der Waals surface area contributed by atoms with Gasteiger partial charge in [-0.25, -0.2) is 0 Å². The van der Waals surface area contributed by atoms with Gasteiger partial charge in [0, 0.05) is 29.8 Å². The van der Waals surface area contributed by atoms with Crippen LogP contribution < -0.4 is 11.1 Å². The number of nitrogens with two attached hydrogens (primary N) is 1. The second-order valence-corrected chi connectivity index (χ2v) is 6.80. The molecule has 1 atom stereocenters. The van der Waals surface area contributed by atoms with Crippen LogP contribution in [0, 0.1) is 5.92 Å². The van der Waals surface area contributed by atoms with Gasteiger partial charge in [-0.05, 0) is 48.6 Å². The Kier molecular flexibility index (Phi) is 4.36. The Balaban J connectivity index is 1.71. The zero-order valence-electron chi connectivity index (χ0n) is 12.6. The molecule has 1 aliphatic carbocycles. The minimum atomic E-state index is -0.0676. The lowest BCUT2D eigenvalue weighted by Gasteiger charge is -2.12. The van der Waals surface area contributed by atoms with Gasteiger partial charge in [0.05, 0.1) is 0 Å². The number of carbonyl (C=O) groups excluding carboxylic acids is 1. The molecule has 1 amide bonds. The third kappa shape index (κ3) is 3.25. The van der Waals surface area contributed by atoms with E-state index in [0.717, 1.165) is 15.7 Å². The number of aromatic nitrogens is 1. The number of nitrogens with zero attached hydrogens (tertiary/aromatic N) is 1. The van der Waals surface area contributed by atoms with Crippen molar-refractivity contribution in [2.75, 3.05) is 6.54 Å². The van der Waals surface area contributed by atoms with E-state index in [1.54, 1.807) is 0 Å². The standard InChI is InChI=1S/C17H20BrN3O/c1-21-15(12-4-6-13(18)7-5-12)8-9-16(21)17(22)20-10-14(19)11-2-3-11/h4-9,11,14H,2-3,10,19H2,1H3,(H,20,22). The van der Waals surface area contributed by atoms with Crippen LogP contribution in [0.25, 0.3) is 11.3 Å². The number of nitrogens with one attached hydrogen (secondary N) is 1. The van der Waals surface area contributed by atoms with E-state index in [-0.39, 0.29) is 11.9 Å². The molecule has 3 N–H and O–H groups in total. The summed E-state index contributed by atoms with van der Waals surface area (Å²) in [6.45, 7) is 0.544. The molecule has 3 rings (SSSR count). The molecule has 4 nitrogen and oxygen atoms in total. The maximum Gasteiger partial charge on any atom is 0.267 e.